The Morgan fingerprint density at radius 3 is 2.21 bits per heavy atom. The fourth-order valence-corrected chi connectivity index (χ4v) is 5.36. The predicted molar refractivity (Wildman–Crippen MR) is 162 cm³/mol. The summed E-state index contributed by atoms with van der Waals surface area (Å²) in [6.45, 7) is 9.92. The number of amides is 1. The average Bonchev–Trinajstić information content (AvgIpc) is 2.94. The molecule has 0 unspecified atom stereocenters. The number of ether oxygens (including phenoxy) is 4. The Morgan fingerprint density at radius 1 is 1.02 bits per heavy atom. The molecule has 0 heterocycles. The molecule has 0 aromatic heterocycles. The van der Waals surface area contributed by atoms with Crippen LogP contribution >= 0.6 is 0 Å². The summed E-state index contributed by atoms with van der Waals surface area (Å²) in [5.74, 6) is -0.139. The number of methoxy groups -OCH3 is 1. The van der Waals surface area contributed by atoms with Gasteiger partial charge in [0.2, 0.25) is 10.0 Å². The van der Waals surface area contributed by atoms with Gasteiger partial charge in [0.25, 0.3) is 0 Å². The second-order valence-electron chi connectivity index (χ2n) is 11.5. The minimum Gasteiger partial charge on any atom is -0.497 e. The van der Waals surface area contributed by atoms with Crippen LogP contribution in [0.2, 0.25) is 0 Å². The van der Waals surface area contributed by atoms with Gasteiger partial charge in [-0.1, -0.05) is 19.1 Å². The van der Waals surface area contributed by atoms with E-state index in [4.69, 9.17) is 18.9 Å². The molecule has 2 aromatic rings. The van der Waals surface area contributed by atoms with Crippen molar-refractivity contribution in [1.29, 1.82) is 0 Å². The Bertz CT molecular complexity index is 1220. The molecule has 10 nitrogen and oxygen atoms in total. The van der Waals surface area contributed by atoms with Crippen molar-refractivity contribution in [1.82, 2.24) is 9.21 Å². The van der Waals surface area contributed by atoms with Gasteiger partial charge >= 0.3 is 6.09 Å². The van der Waals surface area contributed by atoms with Crippen LogP contribution in [0, 0.1) is 11.7 Å². The predicted octanol–water partition coefficient (Wildman–Crippen LogP) is 4.70. The normalized spacial score (nSPS) is 14.3. The van der Waals surface area contributed by atoms with Gasteiger partial charge in [0.05, 0.1) is 37.4 Å². The molecule has 1 amide bonds. The average molecular weight is 627 g/mol. The fourth-order valence-electron chi connectivity index (χ4n) is 4.18. The largest absolute Gasteiger partial charge is 0.497 e. The number of sulfonamides is 1. The molecule has 242 valence electrons. The summed E-state index contributed by atoms with van der Waals surface area (Å²) in [6.07, 6.45) is -0.798. The molecule has 12 heteroatoms. The molecule has 0 aliphatic rings. The van der Waals surface area contributed by atoms with Gasteiger partial charge in [0.15, 0.2) is 0 Å². The van der Waals surface area contributed by atoms with Crippen LogP contribution < -0.4 is 4.74 Å². The molecule has 1 N–H and O–H groups in total. The number of halogens is 1. The van der Waals surface area contributed by atoms with Crippen LogP contribution in [0.1, 0.15) is 46.6 Å². The number of hydrogen-bond donors (Lipinski definition) is 1. The van der Waals surface area contributed by atoms with E-state index in [-0.39, 0.29) is 49.8 Å². The molecule has 2 rings (SSSR count). The summed E-state index contributed by atoms with van der Waals surface area (Å²) >= 11 is 0. The minimum atomic E-state index is -3.94. The molecule has 0 bridgehead atoms. The van der Waals surface area contributed by atoms with Crippen LogP contribution in [0.15, 0.2) is 53.4 Å². The van der Waals surface area contributed by atoms with Gasteiger partial charge in [-0.05, 0) is 76.1 Å². The van der Waals surface area contributed by atoms with Gasteiger partial charge in [-0.15, -0.1) is 0 Å². The van der Waals surface area contributed by atoms with Crippen LogP contribution in [0.3, 0.4) is 0 Å². The summed E-state index contributed by atoms with van der Waals surface area (Å²) in [5.41, 5.74) is 0.218. The van der Waals surface area contributed by atoms with Crippen LogP contribution in [-0.2, 0) is 30.8 Å². The number of nitrogens with zero attached hydrogens (tertiary/aromatic N) is 2. The Kier molecular flexibility index (Phi) is 14.3. The second kappa shape index (κ2) is 16.9. The highest BCUT2D eigenvalue weighted by Crippen LogP contribution is 2.21. The number of likely N-dealkylation sites (N-methyl/N-ethyl adjacent to an activating group) is 1. The van der Waals surface area contributed by atoms with Crippen LogP contribution in [0.25, 0.3) is 0 Å². The number of aliphatic hydroxyl groups excluding tert-OH is 1. The third kappa shape index (κ3) is 12.0. The van der Waals surface area contributed by atoms with Crippen molar-refractivity contribution in [3.63, 3.8) is 0 Å². The van der Waals surface area contributed by atoms with Gasteiger partial charge in [-0.3, -0.25) is 0 Å². The highest BCUT2D eigenvalue weighted by Gasteiger charge is 2.32. The quantitative estimate of drug-likeness (QED) is 0.252. The molecule has 0 aliphatic heterocycles. The number of carbonyl (C=O) groups excluding carboxylic acids is 1. The molecular weight excluding hydrogens is 579 g/mol. The van der Waals surface area contributed by atoms with Crippen LogP contribution in [-0.4, -0.2) is 93.6 Å². The molecule has 3 atom stereocenters. The Morgan fingerprint density at radius 2 is 1.65 bits per heavy atom. The standard InChI is InChI=1S/C31H47FN2O8S/c1-23(29(41-18-8-17-35)20-33(6)43(37,38)28-15-11-26(32)12-16-28)19-34(30(36)42-31(3,4)5)24(2)21-40-22-25-9-13-27(39-7)14-10-25/h9-16,23-24,29,35H,8,17-22H2,1-7H3/t23-,24+,29+/m1/s1. The summed E-state index contributed by atoms with van der Waals surface area (Å²) in [5, 5.41) is 9.28. The lowest BCUT2D eigenvalue weighted by Crippen LogP contribution is -2.49. The van der Waals surface area contributed by atoms with Gasteiger partial charge in [-0.25, -0.2) is 17.6 Å². The van der Waals surface area contributed by atoms with E-state index < -0.39 is 33.6 Å². The monoisotopic (exact) mass is 626 g/mol. The first-order chi connectivity index (χ1) is 20.2. The maximum atomic E-state index is 13.4. The third-order valence-electron chi connectivity index (χ3n) is 6.66. The topological polar surface area (TPSA) is 115 Å². The molecule has 2 aromatic carbocycles. The molecule has 0 fully saturated rings. The Labute approximate surface area is 255 Å². The summed E-state index contributed by atoms with van der Waals surface area (Å²) < 4.78 is 63.8. The first-order valence-electron chi connectivity index (χ1n) is 14.3. The number of hydrogen-bond acceptors (Lipinski definition) is 8. The first-order valence-corrected chi connectivity index (χ1v) is 15.8. The fraction of sp³-hybridized carbons (Fsp3) is 0.581. The highest BCUT2D eigenvalue weighted by atomic mass is 32.2. The Balaban J connectivity index is 2.20. The number of benzene rings is 2. The van der Waals surface area contributed by atoms with Crippen molar-refractivity contribution < 1.29 is 41.7 Å². The van der Waals surface area contributed by atoms with Gasteiger partial charge < -0.3 is 29.0 Å². The van der Waals surface area contributed by atoms with E-state index in [0.29, 0.717) is 13.0 Å². The van der Waals surface area contributed by atoms with Gasteiger partial charge in [0, 0.05) is 39.3 Å². The maximum absolute atomic E-state index is 13.4. The summed E-state index contributed by atoms with van der Waals surface area (Å²) in [4.78, 5) is 14.9. The van der Waals surface area contributed by atoms with Crippen molar-refractivity contribution in [3.05, 3.63) is 59.9 Å². The molecule has 0 saturated carbocycles. The molecule has 0 saturated heterocycles. The van der Waals surface area contributed by atoms with E-state index in [0.717, 1.165) is 27.8 Å². The second-order valence-corrected chi connectivity index (χ2v) is 13.6. The molecule has 0 radical (unpaired) electrons. The van der Waals surface area contributed by atoms with E-state index in [9.17, 15) is 22.7 Å². The van der Waals surface area contributed by atoms with Crippen LogP contribution in [0.4, 0.5) is 9.18 Å². The number of aliphatic hydroxyl groups is 1. The van der Waals surface area contributed by atoms with E-state index >= 15 is 0 Å². The maximum Gasteiger partial charge on any atom is 0.410 e. The summed E-state index contributed by atoms with van der Waals surface area (Å²) in [7, 11) is -0.912. The lowest BCUT2D eigenvalue weighted by atomic mass is 10.0. The smallest absolute Gasteiger partial charge is 0.410 e. The Hall–Kier alpha value is -2.77. The zero-order valence-corrected chi connectivity index (χ0v) is 27.1. The lowest BCUT2D eigenvalue weighted by Gasteiger charge is -2.36. The molecule has 43 heavy (non-hydrogen) atoms. The number of carbonyl (C=O) groups is 1. The third-order valence-corrected chi connectivity index (χ3v) is 8.50. The van der Waals surface area contributed by atoms with Crippen molar-refractivity contribution in [2.45, 2.75) is 70.3 Å². The lowest BCUT2D eigenvalue weighted by molar-refractivity contribution is -0.0278. The molecular formula is C31H47FN2O8S. The van der Waals surface area contributed by atoms with Crippen molar-refractivity contribution in [3.8, 4) is 5.75 Å². The summed E-state index contributed by atoms with van der Waals surface area (Å²) in [6, 6.07) is 11.7. The van der Waals surface area contributed by atoms with Crippen molar-refractivity contribution in [2.24, 2.45) is 5.92 Å². The van der Waals surface area contributed by atoms with Gasteiger partial charge in [-0.2, -0.15) is 4.31 Å². The highest BCUT2D eigenvalue weighted by molar-refractivity contribution is 7.89. The molecule has 0 spiro atoms. The number of rotatable bonds is 17. The molecule has 0 aliphatic carbocycles. The van der Waals surface area contributed by atoms with Gasteiger partial charge in [0.1, 0.15) is 17.2 Å². The van der Waals surface area contributed by atoms with E-state index in [1.54, 1.807) is 32.8 Å². The van der Waals surface area contributed by atoms with Crippen LogP contribution in [0.5, 0.6) is 5.75 Å². The zero-order valence-electron chi connectivity index (χ0n) is 26.3. The SMILES string of the molecule is COc1ccc(COC[C@H](C)N(C[C@@H](C)[C@H](CN(C)S(=O)(=O)c2ccc(F)cc2)OCCCO)C(=O)OC(C)(C)C)cc1. The van der Waals surface area contributed by atoms with E-state index in [2.05, 4.69) is 0 Å². The zero-order chi connectivity index (χ0) is 32.2. The van der Waals surface area contributed by atoms with E-state index in [1.807, 2.05) is 38.1 Å². The first kappa shape index (κ1) is 36.4. The van der Waals surface area contributed by atoms with Crippen molar-refractivity contribution in [2.75, 3.05) is 47.1 Å². The van der Waals surface area contributed by atoms with Crippen molar-refractivity contribution >= 4 is 16.1 Å². The minimum absolute atomic E-state index is 0.0309. The van der Waals surface area contributed by atoms with E-state index in [1.165, 1.54) is 19.2 Å².